The molecule has 5 nitrogen and oxygen atoms in total. The van der Waals surface area contributed by atoms with Gasteiger partial charge in [0.2, 0.25) is 5.91 Å². The maximum Gasteiger partial charge on any atom is 0.237 e. The molecule has 0 saturated carbocycles. The van der Waals surface area contributed by atoms with Gasteiger partial charge in [-0.2, -0.15) is 0 Å². The zero-order chi connectivity index (χ0) is 14.0. The molecule has 1 atom stereocenters. The average molecular weight is 277 g/mol. The fourth-order valence-electron chi connectivity index (χ4n) is 2.31. The topological polar surface area (TPSA) is 63.7 Å². The predicted molar refractivity (Wildman–Crippen MR) is 70.2 cm³/mol. The summed E-state index contributed by atoms with van der Waals surface area (Å²) in [4.78, 5) is 13.6. The van der Waals surface area contributed by atoms with Crippen LogP contribution in [0.2, 0.25) is 0 Å². The SMILES string of the molecule is CCCS(=O)(=O)CC(=O)N1CC(C)OC(C)(C)C1. The van der Waals surface area contributed by atoms with Crippen molar-refractivity contribution in [1.29, 1.82) is 0 Å². The van der Waals surface area contributed by atoms with Crippen molar-refractivity contribution in [2.75, 3.05) is 24.6 Å². The Morgan fingerprint density at radius 3 is 2.56 bits per heavy atom. The lowest BCUT2D eigenvalue weighted by Gasteiger charge is -2.41. The van der Waals surface area contributed by atoms with Gasteiger partial charge < -0.3 is 9.64 Å². The van der Waals surface area contributed by atoms with E-state index in [1.54, 1.807) is 11.8 Å². The molecule has 1 aliphatic heterocycles. The molecule has 0 N–H and O–H groups in total. The summed E-state index contributed by atoms with van der Waals surface area (Å²) in [6, 6.07) is 0. The standard InChI is InChI=1S/C12H23NO4S/c1-5-6-18(15,16)8-11(14)13-7-10(2)17-12(3,4)9-13/h10H,5-9H2,1-4H3. The summed E-state index contributed by atoms with van der Waals surface area (Å²) in [5, 5.41) is 0. The quantitative estimate of drug-likeness (QED) is 0.764. The van der Waals surface area contributed by atoms with Gasteiger partial charge in [0.05, 0.1) is 17.5 Å². The van der Waals surface area contributed by atoms with Crippen LogP contribution in [0.3, 0.4) is 0 Å². The molecule has 1 rings (SSSR count). The minimum absolute atomic E-state index is 0.0634. The highest BCUT2D eigenvalue weighted by atomic mass is 32.2. The average Bonchev–Trinajstić information content (AvgIpc) is 2.12. The van der Waals surface area contributed by atoms with E-state index in [0.29, 0.717) is 19.5 Å². The maximum absolute atomic E-state index is 12.0. The molecule has 0 radical (unpaired) electrons. The molecule has 1 unspecified atom stereocenters. The molecule has 1 aliphatic rings. The highest BCUT2D eigenvalue weighted by molar-refractivity contribution is 7.92. The molecule has 0 spiro atoms. The molecule has 6 heteroatoms. The normalized spacial score (nSPS) is 24.0. The van der Waals surface area contributed by atoms with Crippen molar-refractivity contribution in [3.05, 3.63) is 0 Å². The Morgan fingerprint density at radius 2 is 2.06 bits per heavy atom. The van der Waals surface area contributed by atoms with E-state index < -0.39 is 15.4 Å². The number of hydrogen-bond acceptors (Lipinski definition) is 4. The Morgan fingerprint density at radius 1 is 1.44 bits per heavy atom. The van der Waals surface area contributed by atoms with Crippen LogP contribution < -0.4 is 0 Å². The van der Waals surface area contributed by atoms with E-state index in [9.17, 15) is 13.2 Å². The second-order valence-corrected chi connectivity index (χ2v) is 7.74. The highest BCUT2D eigenvalue weighted by Crippen LogP contribution is 2.21. The smallest absolute Gasteiger partial charge is 0.237 e. The first kappa shape index (κ1) is 15.4. The van der Waals surface area contributed by atoms with Crippen LogP contribution in [0.4, 0.5) is 0 Å². The van der Waals surface area contributed by atoms with Gasteiger partial charge in [-0.3, -0.25) is 4.79 Å². The predicted octanol–water partition coefficient (Wildman–Crippen LogP) is 0.837. The maximum atomic E-state index is 12.0. The number of nitrogens with zero attached hydrogens (tertiary/aromatic N) is 1. The molecule has 1 heterocycles. The fraction of sp³-hybridized carbons (Fsp3) is 0.917. The summed E-state index contributed by atoms with van der Waals surface area (Å²) in [5.74, 6) is -0.627. The van der Waals surface area contributed by atoms with Gasteiger partial charge >= 0.3 is 0 Å². The number of ether oxygens (including phenoxy) is 1. The van der Waals surface area contributed by atoms with Crippen LogP contribution in [-0.2, 0) is 19.4 Å². The third-order valence-electron chi connectivity index (χ3n) is 2.78. The molecule has 0 aromatic carbocycles. The first-order valence-corrected chi connectivity index (χ1v) is 8.13. The first-order chi connectivity index (χ1) is 8.15. The van der Waals surface area contributed by atoms with Crippen LogP contribution in [0.15, 0.2) is 0 Å². The van der Waals surface area contributed by atoms with Gasteiger partial charge in [0, 0.05) is 13.1 Å². The molecule has 106 valence electrons. The summed E-state index contributed by atoms with van der Waals surface area (Å²) < 4.78 is 29.0. The Labute approximate surface area is 109 Å². The minimum atomic E-state index is -3.27. The molecule has 0 aromatic rings. The van der Waals surface area contributed by atoms with E-state index in [2.05, 4.69) is 0 Å². The first-order valence-electron chi connectivity index (χ1n) is 6.31. The van der Waals surface area contributed by atoms with Crippen molar-refractivity contribution in [2.45, 2.75) is 45.8 Å². The van der Waals surface area contributed by atoms with Crippen molar-refractivity contribution in [3.8, 4) is 0 Å². The van der Waals surface area contributed by atoms with E-state index in [-0.39, 0.29) is 23.5 Å². The number of carbonyl (C=O) groups is 1. The van der Waals surface area contributed by atoms with E-state index in [4.69, 9.17) is 4.74 Å². The third-order valence-corrected chi connectivity index (χ3v) is 4.50. The van der Waals surface area contributed by atoms with Gasteiger partial charge in [-0.25, -0.2) is 8.42 Å². The molecule has 0 bridgehead atoms. The fourth-order valence-corrected chi connectivity index (χ4v) is 3.63. The van der Waals surface area contributed by atoms with Gasteiger partial charge in [-0.1, -0.05) is 6.92 Å². The Kier molecular flexibility index (Phi) is 4.78. The molecule has 1 saturated heterocycles. The molecule has 1 amide bonds. The summed E-state index contributed by atoms with van der Waals surface area (Å²) in [5.41, 5.74) is -0.415. The monoisotopic (exact) mass is 277 g/mol. The molecular weight excluding hydrogens is 254 g/mol. The van der Waals surface area contributed by atoms with Crippen LogP contribution in [0.5, 0.6) is 0 Å². The van der Waals surface area contributed by atoms with Gasteiger partial charge in [-0.15, -0.1) is 0 Å². The lowest BCUT2D eigenvalue weighted by molar-refractivity contribution is -0.155. The van der Waals surface area contributed by atoms with Crippen LogP contribution in [0, 0.1) is 0 Å². The van der Waals surface area contributed by atoms with E-state index >= 15 is 0 Å². The summed E-state index contributed by atoms with van der Waals surface area (Å²) >= 11 is 0. The molecular formula is C12H23NO4S. The number of rotatable bonds is 4. The van der Waals surface area contributed by atoms with Crippen molar-refractivity contribution < 1.29 is 17.9 Å². The van der Waals surface area contributed by atoms with Crippen LogP contribution in [-0.4, -0.2) is 55.5 Å². The number of amides is 1. The second-order valence-electron chi connectivity index (χ2n) is 5.55. The summed E-state index contributed by atoms with van der Waals surface area (Å²) in [7, 11) is -3.27. The van der Waals surface area contributed by atoms with E-state index in [1.165, 1.54) is 0 Å². The van der Waals surface area contributed by atoms with Crippen molar-refractivity contribution in [2.24, 2.45) is 0 Å². The third kappa shape index (κ3) is 4.57. The second kappa shape index (κ2) is 5.57. The Hall–Kier alpha value is -0.620. The van der Waals surface area contributed by atoms with Gasteiger partial charge in [-0.05, 0) is 27.2 Å². The summed E-state index contributed by atoms with van der Waals surface area (Å²) in [6.07, 6.45) is 0.479. The number of morpholine rings is 1. The van der Waals surface area contributed by atoms with Crippen molar-refractivity contribution in [3.63, 3.8) is 0 Å². The Balaban J connectivity index is 2.67. The van der Waals surface area contributed by atoms with Gasteiger partial charge in [0.25, 0.3) is 0 Å². The Bertz CT molecular complexity index is 402. The van der Waals surface area contributed by atoms with Crippen LogP contribution in [0.25, 0.3) is 0 Å². The number of hydrogen-bond donors (Lipinski definition) is 0. The lowest BCUT2D eigenvalue weighted by Crippen LogP contribution is -2.54. The van der Waals surface area contributed by atoms with Crippen molar-refractivity contribution in [1.82, 2.24) is 4.90 Å². The van der Waals surface area contributed by atoms with E-state index in [1.807, 2.05) is 20.8 Å². The zero-order valence-electron chi connectivity index (χ0n) is 11.6. The molecule has 0 aliphatic carbocycles. The molecule has 0 aromatic heterocycles. The van der Waals surface area contributed by atoms with Crippen LogP contribution in [0.1, 0.15) is 34.1 Å². The van der Waals surface area contributed by atoms with Crippen molar-refractivity contribution >= 4 is 15.7 Å². The van der Waals surface area contributed by atoms with Crippen LogP contribution >= 0.6 is 0 Å². The molecule has 18 heavy (non-hydrogen) atoms. The van der Waals surface area contributed by atoms with Gasteiger partial charge in [0.15, 0.2) is 9.84 Å². The minimum Gasteiger partial charge on any atom is -0.369 e. The number of carbonyl (C=O) groups excluding carboxylic acids is 1. The number of sulfone groups is 1. The zero-order valence-corrected chi connectivity index (χ0v) is 12.4. The lowest BCUT2D eigenvalue weighted by atomic mass is 10.1. The van der Waals surface area contributed by atoms with E-state index in [0.717, 1.165) is 0 Å². The van der Waals surface area contributed by atoms with Gasteiger partial charge in [0.1, 0.15) is 5.75 Å². The molecule has 1 fully saturated rings. The largest absolute Gasteiger partial charge is 0.369 e. The summed E-state index contributed by atoms with van der Waals surface area (Å²) in [6.45, 7) is 8.40. The highest BCUT2D eigenvalue weighted by Gasteiger charge is 2.34.